The Labute approximate surface area is 88.3 Å². The second-order valence-electron chi connectivity index (χ2n) is 3.60. The molecule has 3 heteroatoms. The maximum Gasteiger partial charge on any atom is 0.163 e. The van der Waals surface area contributed by atoms with Gasteiger partial charge in [0.15, 0.2) is 5.78 Å². The normalized spacial score (nSPS) is 14.3. The van der Waals surface area contributed by atoms with E-state index in [4.69, 9.17) is 10.00 Å². The molecule has 76 valence electrons. The average molecular weight is 201 g/mol. The van der Waals surface area contributed by atoms with Gasteiger partial charge >= 0.3 is 0 Å². The first-order valence-corrected chi connectivity index (χ1v) is 4.90. The Kier molecular flexibility index (Phi) is 2.42. The van der Waals surface area contributed by atoms with E-state index in [9.17, 15) is 4.79 Å². The molecule has 1 aliphatic carbocycles. The molecule has 0 atom stereocenters. The summed E-state index contributed by atoms with van der Waals surface area (Å²) in [4.78, 5) is 11.6. The smallest absolute Gasteiger partial charge is 0.163 e. The molecule has 0 saturated heterocycles. The number of aryl methyl sites for hydroxylation is 1. The van der Waals surface area contributed by atoms with Crippen molar-refractivity contribution in [2.45, 2.75) is 19.3 Å². The van der Waals surface area contributed by atoms with Crippen molar-refractivity contribution in [2.75, 3.05) is 7.11 Å². The molecule has 3 nitrogen and oxygen atoms in total. The zero-order valence-electron chi connectivity index (χ0n) is 8.54. The van der Waals surface area contributed by atoms with Crippen LogP contribution in [0.3, 0.4) is 0 Å². The summed E-state index contributed by atoms with van der Waals surface area (Å²) in [6.07, 6.45) is 2.35. The highest BCUT2D eigenvalue weighted by molar-refractivity contribution is 5.99. The number of benzene rings is 1. The van der Waals surface area contributed by atoms with Gasteiger partial charge in [-0.25, -0.2) is 0 Å². The molecule has 1 aliphatic rings. The molecule has 2 rings (SSSR count). The van der Waals surface area contributed by atoms with Gasteiger partial charge in [-0.1, -0.05) is 0 Å². The number of nitrogens with zero attached hydrogens (tertiary/aromatic N) is 1. The predicted molar refractivity (Wildman–Crippen MR) is 55.0 cm³/mol. The van der Waals surface area contributed by atoms with Gasteiger partial charge in [0.05, 0.1) is 12.7 Å². The van der Waals surface area contributed by atoms with E-state index >= 15 is 0 Å². The van der Waals surface area contributed by atoms with Crippen LogP contribution in [0.5, 0.6) is 5.75 Å². The molecule has 0 unspecified atom stereocenters. The molecular formula is C12H11NO2. The van der Waals surface area contributed by atoms with Crippen LogP contribution in [0.15, 0.2) is 12.1 Å². The quantitative estimate of drug-likeness (QED) is 0.699. The standard InChI is InChI=1S/C12H11NO2/c1-15-12-6-10-8(5-9(12)7-13)3-2-4-11(10)14/h5-6H,2-4H2,1H3. The minimum absolute atomic E-state index is 0.152. The number of rotatable bonds is 1. The lowest BCUT2D eigenvalue weighted by atomic mass is 9.89. The topological polar surface area (TPSA) is 50.1 Å². The Bertz CT molecular complexity index is 457. The van der Waals surface area contributed by atoms with Crippen LogP contribution in [-0.2, 0) is 6.42 Å². The molecule has 15 heavy (non-hydrogen) atoms. The minimum Gasteiger partial charge on any atom is -0.495 e. The third-order valence-electron chi connectivity index (χ3n) is 2.70. The van der Waals surface area contributed by atoms with Crippen LogP contribution in [0.4, 0.5) is 0 Å². The predicted octanol–water partition coefficient (Wildman–Crippen LogP) is 2.09. The van der Waals surface area contributed by atoms with Crippen LogP contribution < -0.4 is 4.74 Å². The lowest BCUT2D eigenvalue weighted by Gasteiger charge is -2.16. The fraction of sp³-hybridized carbons (Fsp3) is 0.333. The van der Waals surface area contributed by atoms with Gasteiger partial charge < -0.3 is 4.74 Å². The summed E-state index contributed by atoms with van der Waals surface area (Å²) >= 11 is 0. The Balaban J connectivity index is 2.59. The number of ether oxygens (including phenoxy) is 1. The summed E-state index contributed by atoms with van der Waals surface area (Å²) in [6.45, 7) is 0. The minimum atomic E-state index is 0.152. The van der Waals surface area contributed by atoms with E-state index in [0.29, 0.717) is 17.7 Å². The van der Waals surface area contributed by atoms with Gasteiger partial charge in [-0.2, -0.15) is 5.26 Å². The molecule has 0 aromatic heterocycles. The van der Waals surface area contributed by atoms with Crippen molar-refractivity contribution >= 4 is 5.78 Å². The molecule has 0 radical (unpaired) electrons. The van der Waals surface area contributed by atoms with Gasteiger partial charge in [0.2, 0.25) is 0 Å². The van der Waals surface area contributed by atoms with Gasteiger partial charge in [0.1, 0.15) is 11.8 Å². The Hall–Kier alpha value is -1.82. The van der Waals surface area contributed by atoms with E-state index in [2.05, 4.69) is 6.07 Å². The van der Waals surface area contributed by atoms with Gasteiger partial charge in [-0.15, -0.1) is 0 Å². The summed E-state index contributed by atoms with van der Waals surface area (Å²) in [5.74, 6) is 0.644. The molecule has 0 N–H and O–H groups in total. The number of methoxy groups -OCH3 is 1. The van der Waals surface area contributed by atoms with E-state index in [1.165, 1.54) is 7.11 Å². The Morgan fingerprint density at radius 1 is 1.40 bits per heavy atom. The first-order valence-electron chi connectivity index (χ1n) is 4.90. The number of carbonyl (C=O) groups is 1. The van der Waals surface area contributed by atoms with Gasteiger partial charge in [0.25, 0.3) is 0 Å². The van der Waals surface area contributed by atoms with Crippen LogP contribution in [0.1, 0.15) is 34.3 Å². The molecule has 0 aliphatic heterocycles. The van der Waals surface area contributed by atoms with Crippen molar-refractivity contribution in [2.24, 2.45) is 0 Å². The molecule has 0 spiro atoms. The Morgan fingerprint density at radius 2 is 2.20 bits per heavy atom. The zero-order chi connectivity index (χ0) is 10.8. The first-order chi connectivity index (χ1) is 7.26. The van der Waals surface area contributed by atoms with Crippen LogP contribution in [0.25, 0.3) is 0 Å². The monoisotopic (exact) mass is 201 g/mol. The maximum absolute atomic E-state index is 11.6. The third kappa shape index (κ3) is 1.59. The van der Waals surface area contributed by atoms with E-state index in [0.717, 1.165) is 24.0 Å². The first kappa shape index (κ1) is 9.72. The number of carbonyl (C=O) groups excluding carboxylic acids is 1. The second kappa shape index (κ2) is 3.74. The largest absolute Gasteiger partial charge is 0.495 e. The van der Waals surface area contributed by atoms with Crippen molar-refractivity contribution < 1.29 is 9.53 Å². The summed E-state index contributed by atoms with van der Waals surface area (Å²) in [5.41, 5.74) is 2.20. The molecule has 0 amide bonds. The summed E-state index contributed by atoms with van der Waals surface area (Å²) < 4.78 is 5.08. The van der Waals surface area contributed by atoms with Gasteiger partial charge in [0, 0.05) is 12.0 Å². The molecule has 0 fully saturated rings. The van der Waals surface area contributed by atoms with E-state index < -0.39 is 0 Å². The highest BCUT2D eigenvalue weighted by atomic mass is 16.5. The molecule has 1 aromatic carbocycles. The molecule has 0 heterocycles. The second-order valence-corrected chi connectivity index (χ2v) is 3.60. The number of fused-ring (bicyclic) bond motifs is 1. The summed E-state index contributed by atoms with van der Waals surface area (Å²) in [7, 11) is 1.51. The third-order valence-corrected chi connectivity index (χ3v) is 2.70. The fourth-order valence-corrected chi connectivity index (χ4v) is 1.92. The molecule has 0 saturated carbocycles. The van der Waals surface area contributed by atoms with Crippen LogP contribution in [0, 0.1) is 11.3 Å². The summed E-state index contributed by atoms with van der Waals surface area (Å²) in [5, 5.41) is 8.90. The van der Waals surface area contributed by atoms with Gasteiger partial charge in [-0.05, 0) is 30.5 Å². The van der Waals surface area contributed by atoms with Crippen molar-refractivity contribution in [1.82, 2.24) is 0 Å². The molecule has 1 aromatic rings. The number of ketones is 1. The van der Waals surface area contributed by atoms with Crippen LogP contribution in [0.2, 0.25) is 0 Å². The lowest BCUT2D eigenvalue weighted by Crippen LogP contribution is -2.11. The van der Waals surface area contributed by atoms with E-state index in [-0.39, 0.29) is 5.78 Å². The Morgan fingerprint density at radius 3 is 2.87 bits per heavy atom. The van der Waals surface area contributed by atoms with Crippen molar-refractivity contribution in [3.63, 3.8) is 0 Å². The van der Waals surface area contributed by atoms with Crippen LogP contribution >= 0.6 is 0 Å². The van der Waals surface area contributed by atoms with Crippen LogP contribution in [-0.4, -0.2) is 12.9 Å². The lowest BCUT2D eigenvalue weighted by molar-refractivity contribution is 0.0972. The fourth-order valence-electron chi connectivity index (χ4n) is 1.92. The van der Waals surface area contributed by atoms with Crippen molar-refractivity contribution in [3.05, 3.63) is 28.8 Å². The van der Waals surface area contributed by atoms with Gasteiger partial charge in [-0.3, -0.25) is 4.79 Å². The molecule has 0 bridgehead atoms. The number of hydrogen-bond donors (Lipinski definition) is 0. The maximum atomic E-state index is 11.6. The highest BCUT2D eigenvalue weighted by Gasteiger charge is 2.19. The van der Waals surface area contributed by atoms with Crippen molar-refractivity contribution in [1.29, 1.82) is 5.26 Å². The van der Waals surface area contributed by atoms with E-state index in [1.807, 2.05) is 0 Å². The highest BCUT2D eigenvalue weighted by Crippen LogP contribution is 2.28. The van der Waals surface area contributed by atoms with E-state index in [1.54, 1.807) is 12.1 Å². The molecular weight excluding hydrogens is 190 g/mol. The summed E-state index contributed by atoms with van der Waals surface area (Å²) in [6, 6.07) is 5.53. The average Bonchev–Trinajstić information content (AvgIpc) is 2.28. The zero-order valence-corrected chi connectivity index (χ0v) is 8.54. The van der Waals surface area contributed by atoms with Crippen molar-refractivity contribution in [3.8, 4) is 11.8 Å². The number of nitriles is 1. The number of hydrogen-bond acceptors (Lipinski definition) is 3. The number of Topliss-reactive ketones (excluding diaryl/α,β-unsaturated/α-hetero) is 1. The SMILES string of the molecule is COc1cc2c(cc1C#N)CCCC2=O.